The SMILES string of the molecule is Cc1c(C(=O)O)nnn1Cc1cccc([N+](=O)[O-])c1.O. The Kier molecular flexibility index (Phi) is 4.49. The minimum absolute atomic E-state index is 0. The van der Waals surface area contributed by atoms with Crippen LogP contribution in [-0.4, -0.2) is 36.5 Å². The molecule has 106 valence electrons. The van der Waals surface area contributed by atoms with Gasteiger partial charge < -0.3 is 10.6 Å². The van der Waals surface area contributed by atoms with Crippen LogP contribution in [0.3, 0.4) is 0 Å². The van der Waals surface area contributed by atoms with Gasteiger partial charge >= 0.3 is 5.97 Å². The van der Waals surface area contributed by atoms with Crippen LogP contribution < -0.4 is 0 Å². The van der Waals surface area contributed by atoms with Gasteiger partial charge in [0.2, 0.25) is 0 Å². The summed E-state index contributed by atoms with van der Waals surface area (Å²) in [4.78, 5) is 21.0. The summed E-state index contributed by atoms with van der Waals surface area (Å²) < 4.78 is 1.39. The molecule has 0 amide bonds. The average Bonchev–Trinajstić information content (AvgIpc) is 2.71. The molecule has 0 atom stereocenters. The first-order valence-electron chi connectivity index (χ1n) is 5.35. The molecule has 9 nitrogen and oxygen atoms in total. The number of aromatic carboxylic acids is 1. The quantitative estimate of drug-likeness (QED) is 0.634. The van der Waals surface area contributed by atoms with Crippen molar-refractivity contribution in [3.8, 4) is 0 Å². The highest BCUT2D eigenvalue weighted by Gasteiger charge is 2.15. The largest absolute Gasteiger partial charge is 0.476 e. The molecule has 0 unspecified atom stereocenters. The number of hydrogen-bond acceptors (Lipinski definition) is 5. The lowest BCUT2D eigenvalue weighted by molar-refractivity contribution is -0.384. The Morgan fingerprint density at radius 3 is 2.75 bits per heavy atom. The Morgan fingerprint density at radius 2 is 2.20 bits per heavy atom. The standard InChI is InChI=1S/C11H10N4O4.H2O/c1-7-10(11(16)17)12-13-14(7)6-8-3-2-4-9(5-8)15(18)19;/h2-5H,6H2,1H3,(H,16,17);1H2. The smallest absolute Gasteiger partial charge is 0.358 e. The molecule has 0 aliphatic heterocycles. The molecule has 9 heteroatoms. The topological polar surface area (TPSA) is 143 Å². The predicted molar refractivity (Wildman–Crippen MR) is 67.5 cm³/mol. The van der Waals surface area contributed by atoms with Crippen LogP contribution in [0, 0.1) is 17.0 Å². The second-order valence-corrected chi connectivity index (χ2v) is 3.91. The van der Waals surface area contributed by atoms with E-state index in [1.165, 1.54) is 16.8 Å². The number of nitrogens with zero attached hydrogens (tertiary/aromatic N) is 4. The molecule has 1 heterocycles. The van der Waals surface area contributed by atoms with Gasteiger partial charge in [0.15, 0.2) is 5.69 Å². The third-order valence-electron chi connectivity index (χ3n) is 2.64. The zero-order valence-corrected chi connectivity index (χ0v) is 10.5. The van der Waals surface area contributed by atoms with E-state index in [4.69, 9.17) is 5.11 Å². The second-order valence-electron chi connectivity index (χ2n) is 3.91. The maximum atomic E-state index is 10.8. The molecular weight excluding hydrogens is 268 g/mol. The fraction of sp³-hybridized carbons (Fsp3) is 0.182. The Balaban J connectivity index is 0.00000200. The zero-order chi connectivity index (χ0) is 14.0. The molecule has 1 aromatic heterocycles. The van der Waals surface area contributed by atoms with Gasteiger partial charge in [-0.1, -0.05) is 17.3 Å². The third-order valence-corrected chi connectivity index (χ3v) is 2.64. The fourth-order valence-corrected chi connectivity index (χ4v) is 1.65. The molecule has 0 saturated carbocycles. The van der Waals surface area contributed by atoms with Crippen LogP contribution in [0.4, 0.5) is 5.69 Å². The third kappa shape index (κ3) is 2.95. The number of rotatable bonds is 4. The average molecular weight is 280 g/mol. The minimum Gasteiger partial charge on any atom is -0.476 e. The van der Waals surface area contributed by atoms with Gasteiger partial charge in [-0.15, -0.1) is 5.10 Å². The predicted octanol–water partition coefficient (Wildman–Crippen LogP) is 0.417. The maximum Gasteiger partial charge on any atom is 0.358 e. The van der Waals surface area contributed by atoms with Crippen molar-refractivity contribution in [2.75, 3.05) is 0 Å². The van der Waals surface area contributed by atoms with E-state index in [0.717, 1.165) is 0 Å². The normalized spacial score (nSPS) is 9.85. The molecule has 0 fully saturated rings. The first kappa shape index (κ1) is 15.2. The summed E-state index contributed by atoms with van der Waals surface area (Å²) in [7, 11) is 0. The van der Waals surface area contributed by atoms with Crippen molar-refractivity contribution >= 4 is 11.7 Å². The zero-order valence-electron chi connectivity index (χ0n) is 10.5. The number of carboxylic acids is 1. The number of benzene rings is 1. The summed E-state index contributed by atoms with van der Waals surface area (Å²) in [6.45, 7) is 1.81. The monoisotopic (exact) mass is 280 g/mol. The van der Waals surface area contributed by atoms with Gasteiger partial charge in [-0.25, -0.2) is 9.48 Å². The van der Waals surface area contributed by atoms with Crippen molar-refractivity contribution in [3.05, 3.63) is 51.3 Å². The van der Waals surface area contributed by atoms with Crippen LogP contribution in [0.2, 0.25) is 0 Å². The molecule has 0 radical (unpaired) electrons. The van der Waals surface area contributed by atoms with E-state index in [-0.39, 0.29) is 23.4 Å². The van der Waals surface area contributed by atoms with Crippen molar-refractivity contribution in [3.63, 3.8) is 0 Å². The van der Waals surface area contributed by atoms with E-state index in [1.807, 2.05) is 0 Å². The highest BCUT2D eigenvalue weighted by molar-refractivity contribution is 5.86. The molecule has 20 heavy (non-hydrogen) atoms. The number of non-ortho nitro benzene ring substituents is 1. The molecule has 1 aromatic carbocycles. The summed E-state index contributed by atoms with van der Waals surface area (Å²) >= 11 is 0. The molecule has 2 aromatic rings. The molecule has 0 spiro atoms. The number of carboxylic acid groups (broad SMARTS) is 1. The summed E-state index contributed by atoms with van der Waals surface area (Å²) in [5, 5.41) is 26.8. The molecule has 0 saturated heterocycles. The van der Waals surface area contributed by atoms with Crippen molar-refractivity contribution in [1.82, 2.24) is 15.0 Å². The Bertz CT molecular complexity index is 652. The van der Waals surface area contributed by atoms with Crippen molar-refractivity contribution < 1.29 is 20.3 Å². The lowest BCUT2D eigenvalue weighted by Crippen LogP contribution is -2.06. The van der Waals surface area contributed by atoms with E-state index in [1.54, 1.807) is 19.1 Å². The second kappa shape index (κ2) is 5.89. The van der Waals surface area contributed by atoms with Crippen molar-refractivity contribution in [2.45, 2.75) is 13.5 Å². The molecule has 0 aliphatic rings. The molecule has 0 bridgehead atoms. The number of aromatic nitrogens is 3. The van der Waals surface area contributed by atoms with Crippen molar-refractivity contribution in [1.29, 1.82) is 0 Å². The number of hydrogen-bond donors (Lipinski definition) is 1. The van der Waals surface area contributed by atoms with Crippen molar-refractivity contribution in [2.24, 2.45) is 0 Å². The van der Waals surface area contributed by atoms with Crippen LogP contribution in [0.1, 0.15) is 21.7 Å². The minimum atomic E-state index is -1.15. The Morgan fingerprint density at radius 1 is 1.50 bits per heavy atom. The van der Waals surface area contributed by atoms with Gasteiger partial charge in [-0.2, -0.15) is 0 Å². The van der Waals surface area contributed by atoms with Gasteiger partial charge in [0.25, 0.3) is 5.69 Å². The van der Waals surface area contributed by atoms with Crippen LogP contribution in [0.25, 0.3) is 0 Å². The van der Waals surface area contributed by atoms with Crippen LogP contribution >= 0.6 is 0 Å². The summed E-state index contributed by atoms with van der Waals surface area (Å²) in [5.41, 5.74) is 0.914. The van der Waals surface area contributed by atoms with Gasteiger partial charge in [-0.3, -0.25) is 10.1 Å². The molecule has 3 N–H and O–H groups in total. The Hall–Kier alpha value is -2.81. The lowest BCUT2D eigenvalue weighted by atomic mass is 10.2. The van der Waals surface area contributed by atoms with Gasteiger partial charge in [0.05, 0.1) is 17.2 Å². The van der Waals surface area contributed by atoms with E-state index >= 15 is 0 Å². The molecule has 0 aliphatic carbocycles. The van der Waals surface area contributed by atoms with Crippen LogP contribution in [0.5, 0.6) is 0 Å². The first-order valence-corrected chi connectivity index (χ1v) is 5.35. The first-order chi connectivity index (χ1) is 8.99. The van der Waals surface area contributed by atoms with E-state index in [9.17, 15) is 14.9 Å². The van der Waals surface area contributed by atoms with E-state index in [2.05, 4.69) is 10.3 Å². The van der Waals surface area contributed by atoms with Gasteiger partial charge in [0, 0.05) is 12.1 Å². The summed E-state index contributed by atoms with van der Waals surface area (Å²) in [5.74, 6) is -1.15. The maximum absolute atomic E-state index is 10.8. The van der Waals surface area contributed by atoms with Gasteiger partial charge in [-0.05, 0) is 12.5 Å². The fourth-order valence-electron chi connectivity index (χ4n) is 1.65. The number of nitro groups is 1. The van der Waals surface area contributed by atoms with E-state index < -0.39 is 10.9 Å². The highest BCUT2D eigenvalue weighted by Crippen LogP contribution is 2.15. The number of nitro benzene ring substituents is 1. The van der Waals surface area contributed by atoms with Crippen LogP contribution in [-0.2, 0) is 6.54 Å². The highest BCUT2D eigenvalue weighted by atomic mass is 16.6. The Labute approximate surface area is 112 Å². The number of carbonyl (C=O) groups is 1. The van der Waals surface area contributed by atoms with E-state index in [0.29, 0.717) is 11.3 Å². The summed E-state index contributed by atoms with van der Waals surface area (Å²) in [6.07, 6.45) is 0. The molecular formula is C11H12N4O5. The van der Waals surface area contributed by atoms with Crippen LogP contribution in [0.15, 0.2) is 24.3 Å². The van der Waals surface area contributed by atoms with Gasteiger partial charge in [0.1, 0.15) is 0 Å². The lowest BCUT2D eigenvalue weighted by Gasteiger charge is -2.03. The summed E-state index contributed by atoms with van der Waals surface area (Å²) in [6, 6.07) is 6.08. The molecule has 2 rings (SSSR count).